The normalized spacial score (nSPS) is 17.6. The molecule has 0 radical (unpaired) electrons. The average molecular weight is 296 g/mol. The third-order valence-electron chi connectivity index (χ3n) is 3.61. The third-order valence-corrected chi connectivity index (χ3v) is 4.68. The van der Waals surface area contributed by atoms with Crippen LogP contribution in [0.2, 0.25) is 0 Å². The summed E-state index contributed by atoms with van der Waals surface area (Å²) in [5, 5.41) is 11.7. The van der Waals surface area contributed by atoms with Crippen LogP contribution in [0, 0.1) is 0 Å². The Kier molecular flexibility index (Phi) is 5.14. The molecule has 1 amide bonds. The lowest BCUT2D eigenvalue weighted by Gasteiger charge is -2.32. The number of nitrogens with one attached hydrogen (secondary N) is 1. The Bertz CT molecular complexity index is 481. The van der Waals surface area contributed by atoms with E-state index >= 15 is 0 Å². The van der Waals surface area contributed by atoms with Crippen molar-refractivity contribution in [3.8, 4) is 0 Å². The predicted molar refractivity (Wildman–Crippen MR) is 78.5 cm³/mol. The molecule has 1 aromatic rings. The minimum atomic E-state index is -0.990. The number of hydrogen-bond donors (Lipinski definition) is 2. The fourth-order valence-electron chi connectivity index (χ4n) is 2.39. The molecule has 1 aliphatic heterocycles. The van der Waals surface area contributed by atoms with E-state index in [4.69, 9.17) is 5.11 Å². The van der Waals surface area contributed by atoms with Crippen molar-refractivity contribution in [2.24, 2.45) is 0 Å². The number of carbonyl (C=O) groups is 2. The van der Waals surface area contributed by atoms with Crippen LogP contribution in [-0.4, -0.2) is 47.6 Å². The van der Waals surface area contributed by atoms with E-state index in [0.29, 0.717) is 17.5 Å². The summed E-state index contributed by atoms with van der Waals surface area (Å²) >= 11 is 1.01. The number of carboxylic acid groups (broad SMARTS) is 1. The molecule has 2 N–H and O–H groups in total. The summed E-state index contributed by atoms with van der Waals surface area (Å²) in [7, 11) is 0. The minimum absolute atomic E-state index is 0.189. The summed E-state index contributed by atoms with van der Waals surface area (Å²) in [6, 6.07) is 3.35. The van der Waals surface area contributed by atoms with Gasteiger partial charge in [-0.3, -0.25) is 9.69 Å². The second-order valence-corrected chi connectivity index (χ2v) is 6.21. The van der Waals surface area contributed by atoms with Gasteiger partial charge in [-0.1, -0.05) is 6.42 Å². The number of nitrogens with zero attached hydrogens (tertiary/aromatic N) is 1. The topological polar surface area (TPSA) is 69.6 Å². The molecule has 1 atom stereocenters. The van der Waals surface area contributed by atoms with E-state index in [1.807, 2.05) is 0 Å². The van der Waals surface area contributed by atoms with Crippen LogP contribution in [0.15, 0.2) is 12.1 Å². The Morgan fingerprint density at radius 3 is 2.55 bits per heavy atom. The Morgan fingerprint density at radius 2 is 1.95 bits per heavy atom. The highest BCUT2D eigenvalue weighted by Crippen LogP contribution is 2.16. The van der Waals surface area contributed by atoms with Crippen LogP contribution >= 0.6 is 11.3 Å². The molecule has 1 aliphatic rings. The molecule has 0 aromatic carbocycles. The minimum Gasteiger partial charge on any atom is -0.477 e. The summed E-state index contributed by atoms with van der Waals surface area (Å²) < 4.78 is 0. The second kappa shape index (κ2) is 6.85. The molecule has 1 aromatic heterocycles. The largest absolute Gasteiger partial charge is 0.477 e. The van der Waals surface area contributed by atoms with Gasteiger partial charge in [0.2, 0.25) is 0 Å². The molecular weight excluding hydrogens is 276 g/mol. The van der Waals surface area contributed by atoms with E-state index in [0.717, 1.165) is 24.4 Å². The van der Waals surface area contributed by atoms with Crippen molar-refractivity contribution in [2.75, 3.05) is 19.6 Å². The molecule has 6 heteroatoms. The SMILES string of the molecule is CC(CNC(=O)c1ccc(C(=O)O)s1)N1CCCCC1. The molecular formula is C14H20N2O3S. The zero-order chi connectivity index (χ0) is 14.5. The number of carbonyl (C=O) groups excluding carboxylic acids is 1. The number of hydrogen-bond acceptors (Lipinski definition) is 4. The number of likely N-dealkylation sites (tertiary alicyclic amines) is 1. The van der Waals surface area contributed by atoms with Gasteiger partial charge in [-0.2, -0.15) is 0 Å². The fraction of sp³-hybridized carbons (Fsp3) is 0.571. The molecule has 110 valence electrons. The van der Waals surface area contributed by atoms with Crippen LogP contribution in [0.5, 0.6) is 0 Å². The quantitative estimate of drug-likeness (QED) is 0.872. The summed E-state index contributed by atoms with van der Waals surface area (Å²) in [6.07, 6.45) is 3.75. The molecule has 1 unspecified atom stereocenters. The van der Waals surface area contributed by atoms with Gasteiger partial charge in [0, 0.05) is 12.6 Å². The van der Waals surface area contributed by atoms with E-state index in [-0.39, 0.29) is 10.8 Å². The van der Waals surface area contributed by atoms with E-state index in [1.54, 1.807) is 6.07 Å². The van der Waals surface area contributed by atoms with E-state index in [9.17, 15) is 9.59 Å². The van der Waals surface area contributed by atoms with E-state index in [2.05, 4.69) is 17.1 Å². The van der Waals surface area contributed by atoms with Gasteiger partial charge >= 0.3 is 5.97 Å². The van der Waals surface area contributed by atoms with Crippen LogP contribution in [0.25, 0.3) is 0 Å². The summed E-state index contributed by atoms with van der Waals surface area (Å²) in [5.74, 6) is -1.18. The first kappa shape index (κ1) is 15.0. The Balaban J connectivity index is 1.83. The van der Waals surface area contributed by atoms with Crippen LogP contribution in [-0.2, 0) is 0 Å². The van der Waals surface area contributed by atoms with Crippen molar-refractivity contribution in [3.05, 3.63) is 21.9 Å². The maximum absolute atomic E-state index is 12.0. The molecule has 1 fully saturated rings. The van der Waals surface area contributed by atoms with Gasteiger partial charge in [-0.15, -0.1) is 11.3 Å². The summed E-state index contributed by atoms with van der Waals surface area (Å²) in [5.41, 5.74) is 0. The lowest BCUT2D eigenvalue weighted by Crippen LogP contribution is -2.44. The molecule has 0 bridgehead atoms. The summed E-state index contributed by atoms with van der Waals surface area (Å²) in [4.78, 5) is 25.8. The van der Waals surface area contributed by atoms with Gasteiger partial charge in [0.25, 0.3) is 5.91 Å². The predicted octanol–water partition coefficient (Wildman–Crippen LogP) is 2.05. The molecule has 5 nitrogen and oxygen atoms in total. The molecule has 2 rings (SSSR count). The Hall–Kier alpha value is -1.40. The van der Waals surface area contributed by atoms with E-state index < -0.39 is 5.97 Å². The highest BCUT2D eigenvalue weighted by Gasteiger charge is 2.18. The van der Waals surface area contributed by atoms with E-state index in [1.165, 1.54) is 25.3 Å². The number of aromatic carboxylic acids is 1. The molecule has 2 heterocycles. The molecule has 0 spiro atoms. The Morgan fingerprint density at radius 1 is 1.30 bits per heavy atom. The number of rotatable bonds is 5. The van der Waals surface area contributed by atoms with Crippen molar-refractivity contribution >= 4 is 23.2 Å². The molecule has 20 heavy (non-hydrogen) atoms. The number of thiophene rings is 1. The van der Waals surface area contributed by atoms with Crippen molar-refractivity contribution in [1.29, 1.82) is 0 Å². The molecule has 0 aliphatic carbocycles. The van der Waals surface area contributed by atoms with Gasteiger partial charge in [-0.05, 0) is 45.0 Å². The maximum atomic E-state index is 12.0. The first-order valence-corrected chi connectivity index (χ1v) is 7.75. The smallest absolute Gasteiger partial charge is 0.345 e. The van der Waals surface area contributed by atoms with Gasteiger partial charge in [0.15, 0.2) is 0 Å². The van der Waals surface area contributed by atoms with Crippen molar-refractivity contribution in [2.45, 2.75) is 32.2 Å². The highest BCUT2D eigenvalue weighted by molar-refractivity contribution is 7.15. The lowest BCUT2D eigenvalue weighted by atomic mass is 10.1. The Labute approximate surface area is 122 Å². The van der Waals surface area contributed by atoms with Crippen LogP contribution in [0.4, 0.5) is 0 Å². The van der Waals surface area contributed by atoms with Gasteiger partial charge < -0.3 is 10.4 Å². The highest BCUT2D eigenvalue weighted by atomic mass is 32.1. The molecule has 0 saturated carbocycles. The number of piperidine rings is 1. The lowest BCUT2D eigenvalue weighted by molar-refractivity contribution is 0.0702. The maximum Gasteiger partial charge on any atom is 0.345 e. The third kappa shape index (κ3) is 3.80. The monoisotopic (exact) mass is 296 g/mol. The standard InChI is InChI=1S/C14H20N2O3S/c1-10(16-7-3-2-4-8-16)9-15-13(17)11-5-6-12(20-11)14(18)19/h5-6,10H,2-4,7-9H2,1H3,(H,15,17)(H,18,19). The zero-order valence-corrected chi connectivity index (χ0v) is 12.4. The second-order valence-electron chi connectivity index (χ2n) is 5.12. The van der Waals surface area contributed by atoms with Gasteiger partial charge in [0.05, 0.1) is 4.88 Å². The average Bonchev–Trinajstić information content (AvgIpc) is 2.95. The van der Waals surface area contributed by atoms with Crippen LogP contribution in [0.1, 0.15) is 45.5 Å². The molecule has 1 saturated heterocycles. The van der Waals surface area contributed by atoms with Gasteiger partial charge in [0.1, 0.15) is 4.88 Å². The summed E-state index contributed by atoms with van der Waals surface area (Å²) in [6.45, 7) is 4.90. The number of carboxylic acids is 1. The first-order valence-electron chi connectivity index (χ1n) is 6.93. The fourth-order valence-corrected chi connectivity index (χ4v) is 3.15. The van der Waals surface area contributed by atoms with Crippen molar-refractivity contribution < 1.29 is 14.7 Å². The zero-order valence-electron chi connectivity index (χ0n) is 11.6. The van der Waals surface area contributed by atoms with Crippen LogP contribution in [0.3, 0.4) is 0 Å². The van der Waals surface area contributed by atoms with Crippen molar-refractivity contribution in [1.82, 2.24) is 10.2 Å². The van der Waals surface area contributed by atoms with Crippen LogP contribution < -0.4 is 5.32 Å². The van der Waals surface area contributed by atoms with Gasteiger partial charge in [-0.25, -0.2) is 4.79 Å². The number of amides is 1. The first-order chi connectivity index (χ1) is 9.58. The van der Waals surface area contributed by atoms with Crippen molar-refractivity contribution in [3.63, 3.8) is 0 Å².